The number of fused-ring (bicyclic) bond motifs is 1. The maximum atomic E-state index is 11.7. The molecule has 1 heterocycles. The highest BCUT2D eigenvalue weighted by molar-refractivity contribution is 5.83. The molecule has 3 heteroatoms. The number of H-pyrrole nitrogens is 1. The molecule has 0 unspecified atom stereocenters. The number of hydrogen-bond acceptors (Lipinski definition) is 1. The zero-order valence-electron chi connectivity index (χ0n) is 11.9. The summed E-state index contributed by atoms with van der Waals surface area (Å²) >= 11 is 0. The van der Waals surface area contributed by atoms with Gasteiger partial charge < -0.3 is 10.3 Å². The summed E-state index contributed by atoms with van der Waals surface area (Å²) < 4.78 is 0. The van der Waals surface area contributed by atoms with E-state index in [1.54, 1.807) is 0 Å². The Hall–Kier alpha value is -1.77. The Morgan fingerprint density at radius 1 is 1.26 bits per heavy atom. The van der Waals surface area contributed by atoms with E-state index >= 15 is 0 Å². The average Bonchev–Trinajstić information content (AvgIpc) is 2.70. The molecule has 0 fully saturated rings. The van der Waals surface area contributed by atoms with Crippen LogP contribution in [0, 0.1) is 0 Å². The molecule has 0 spiro atoms. The number of benzene rings is 1. The molecule has 102 valence electrons. The van der Waals surface area contributed by atoms with Crippen molar-refractivity contribution in [3.63, 3.8) is 0 Å². The van der Waals surface area contributed by atoms with Crippen LogP contribution >= 0.6 is 0 Å². The lowest BCUT2D eigenvalue weighted by Gasteiger charge is -2.20. The molecule has 0 atom stereocenters. The fourth-order valence-electron chi connectivity index (χ4n) is 2.26. The molecule has 0 saturated carbocycles. The van der Waals surface area contributed by atoms with E-state index in [0.29, 0.717) is 6.42 Å². The van der Waals surface area contributed by atoms with Gasteiger partial charge in [0.1, 0.15) is 0 Å². The fraction of sp³-hybridized carbons (Fsp3) is 0.438. The molecule has 2 aromatic rings. The fourth-order valence-corrected chi connectivity index (χ4v) is 2.26. The second-order valence-corrected chi connectivity index (χ2v) is 6.01. The summed E-state index contributed by atoms with van der Waals surface area (Å²) in [6, 6.07) is 8.27. The number of aromatic nitrogens is 1. The average molecular weight is 258 g/mol. The number of carbonyl (C=O) groups excluding carboxylic acids is 1. The number of amides is 1. The van der Waals surface area contributed by atoms with Crippen LogP contribution in [0.1, 0.15) is 39.2 Å². The number of hydrogen-bond donors (Lipinski definition) is 2. The van der Waals surface area contributed by atoms with E-state index in [-0.39, 0.29) is 11.4 Å². The predicted molar refractivity (Wildman–Crippen MR) is 79.1 cm³/mol. The summed E-state index contributed by atoms with van der Waals surface area (Å²) in [4.78, 5) is 15.0. The molecule has 0 aliphatic heterocycles. The topological polar surface area (TPSA) is 44.9 Å². The molecule has 2 rings (SSSR count). The summed E-state index contributed by atoms with van der Waals surface area (Å²) in [5.41, 5.74) is 2.31. The Morgan fingerprint density at radius 3 is 2.74 bits per heavy atom. The van der Waals surface area contributed by atoms with Crippen molar-refractivity contribution < 1.29 is 4.79 Å². The number of aromatic amines is 1. The molecular formula is C16H22N2O. The molecule has 0 saturated heterocycles. The lowest BCUT2D eigenvalue weighted by molar-refractivity contribution is -0.122. The van der Waals surface area contributed by atoms with Crippen molar-refractivity contribution in [2.45, 2.75) is 45.6 Å². The summed E-state index contributed by atoms with van der Waals surface area (Å²) in [7, 11) is 0. The second kappa shape index (κ2) is 5.47. The number of rotatable bonds is 4. The van der Waals surface area contributed by atoms with Gasteiger partial charge in [0.05, 0.1) is 0 Å². The van der Waals surface area contributed by atoms with Gasteiger partial charge in [0.25, 0.3) is 0 Å². The van der Waals surface area contributed by atoms with Gasteiger partial charge in [-0.15, -0.1) is 0 Å². The molecule has 0 radical (unpaired) electrons. The van der Waals surface area contributed by atoms with Crippen LogP contribution in [-0.2, 0) is 11.2 Å². The number of aryl methyl sites for hydroxylation is 1. The van der Waals surface area contributed by atoms with Gasteiger partial charge in [0.15, 0.2) is 0 Å². The van der Waals surface area contributed by atoms with Crippen LogP contribution in [0.15, 0.2) is 30.5 Å². The number of carbonyl (C=O) groups is 1. The predicted octanol–water partition coefficient (Wildman–Crippen LogP) is 3.41. The Labute approximate surface area is 114 Å². The minimum absolute atomic E-state index is 0.132. The van der Waals surface area contributed by atoms with Crippen molar-refractivity contribution in [1.29, 1.82) is 0 Å². The van der Waals surface area contributed by atoms with Crippen molar-refractivity contribution >= 4 is 16.8 Å². The molecule has 3 nitrogen and oxygen atoms in total. The Morgan fingerprint density at radius 2 is 2.00 bits per heavy atom. The first-order valence-corrected chi connectivity index (χ1v) is 6.82. The highest BCUT2D eigenvalue weighted by Gasteiger charge is 2.13. The first-order chi connectivity index (χ1) is 8.96. The van der Waals surface area contributed by atoms with Gasteiger partial charge in [-0.25, -0.2) is 0 Å². The molecule has 1 amide bonds. The van der Waals surface area contributed by atoms with Gasteiger partial charge in [-0.2, -0.15) is 0 Å². The molecule has 1 aromatic carbocycles. The molecule has 0 aliphatic carbocycles. The smallest absolute Gasteiger partial charge is 0.220 e. The third kappa shape index (κ3) is 3.85. The van der Waals surface area contributed by atoms with Crippen LogP contribution in [0.25, 0.3) is 10.9 Å². The van der Waals surface area contributed by atoms with Gasteiger partial charge >= 0.3 is 0 Å². The minimum atomic E-state index is -0.141. The molecule has 0 bridgehead atoms. The van der Waals surface area contributed by atoms with Gasteiger partial charge in [0, 0.05) is 29.1 Å². The minimum Gasteiger partial charge on any atom is -0.361 e. The van der Waals surface area contributed by atoms with Gasteiger partial charge in [-0.1, -0.05) is 18.2 Å². The Kier molecular flexibility index (Phi) is 3.93. The van der Waals surface area contributed by atoms with E-state index in [4.69, 9.17) is 0 Å². The summed E-state index contributed by atoms with van der Waals surface area (Å²) in [5.74, 6) is 0.132. The first-order valence-electron chi connectivity index (χ1n) is 6.82. The maximum absolute atomic E-state index is 11.7. The maximum Gasteiger partial charge on any atom is 0.220 e. The van der Waals surface area contributed by atoms with Crippen molar-refractivity contribution in [2.75, 3.05) is 0 Å². The molecule has 2 N–H and O–H groups in total. The lowest BCUT2D eigenvalue weighted by atomic mass is 10.1. The summed E-state index contributed by atoms with van der Waals surface area (Å²) in [6.07, 6.45) is 4.44. The molecule has 1 aromatic heterocycles. The summed E-state index contributed by atoms with van der Waals surface area (Å²) in [5, 5.41) is 4.25. The highest BCUT2D eigenvalue weighted by atomic mass is 16.1. The lowest BCUT2D eigenvalue weighted by Crippen LogP contribution is -2.40. The van der Waals surface area contributed by atoms with Crippen LogP contribution in [0.3, 0.4) is 0 Å². The van der Waals surface area contributed by atoms with Gasteiger partial charge in [-0.3, -0.25) is 4.79 Å². The Bertz CT molecular complexity index is 563. The van der Waals surface area contributed by atoms with Crippen molar-refractivity contribution in [3.05, 3.63) is 36.0 Å². The Balaban J connectivity index is 1.88. The van der Waals surface area contributed by atoms with Crippen LogP contribution < -0.4 is 5.32 Å². The zero-order chi connectivity index (χ0) is 13.9. The van der Waals surface area contributed by atoms with E-state index in [2.05, 4.69) is 22.4 Å². The normalized spacial score (nSPS) is 11.7. The van der Waals surface area contributed by atoms with Crippen LogP contribution in [0.2, 0.25) is 0 Å². The van der Waals surface area contributed by atoms with Crippen molar-refractivity contribution in [2.24, 2.45) is 0 Å². The van der Waals surface area contributed by atoms with Crippen LogP contribution in [-0.4, -0.2) is 16.4 Å². The van der Waals surface area contributed by atoms with E-state index < -0.39 is 0 Å². The zero-order valence-corrected chi connectivity index (χ0v) is 11.9. The second-order valence-electron chi connectivity index (χ2n) is 6.01. The monoisotopic (exact) mass is 258 g/mol. The highest BCUT2D eigenvalue weighted by Crippen LogP contribution is 2.19. The summed E-state index contributed by atoms with van der Waals surface area (Å²) in [6.45, 7) is 6.01. The molecular weight excluding hydrogens is 236 g/mol. The van der Waals surface area contributed by atoms with Gasteiger partial charge in [0.2, 0.25) is 5.91 Å². The van der Waals surface area contributed by atoms with Crippen molar-refractivity contribution in [1.82, 2.24) is 10.3 Å². The number of nitrogens with one attached hydrogen (secondary N) is 2. The quantitative estimate of drug-likeness (QED) is 0.867. The van der Waals surface area contributed by atoms with Crippen molar-refractivity contribution in [3.8, 4) is 0 Å². The molecule has 19 heavy (non-hydrogen) atoms. The van der Waals surface area contributed by atoms with E-state index in [1.165, 1.54) is 10.9 Å². The first kappa shape index (κ1) is 13.7. The van der Waals surface area contributed by atoms with E-state index in [1.807, 2.05) is 39.1 Å². The third-order valence-electron chi connectivity index (χ3n) is 3.04. The van der Waals surface area contributed by atoms with E-state index in [9.17, 15) is 4.79 Å². The largest absolute Gasteiger partial charge is 0.361 e. The SMILES string of the molecule is CC(C)(C)NC(=O)CCCc1c[nH]c2ccccc12. The number of para-hydroxylation sites is 1. The standard InChI is InChI=1S/C16H22N2O/c1-16(2,3)18-15(19)10-6-7-12-11-17-14-9-5-4-8-13(12)14/h4-5,8-9,11,17H,6-7,10H2,1-3H3,(H,18,19). The third-order valence-corrected chi connectivity index (χ3v) is 3.04. The van der Waals surface area contributed by atoms with E-state index in [0.717, 1.165) is 18.4 Å². The van der Waals surface area contributed by atoms with Crippen LogP contribution in [0.4, 0.5) is 0 Å². The van der Waals surface area contributed by atoms with Gasteiger partial charge in [-0.05, 0) is 45.2 Å². The molecule has 0 aliphatic rings. The van der Waals surface area contributed by atoms with Crippen LogP contribution in [0.5, 0.6) is 0 Å².